The Hall–Kier alpha value is -0.850. The van der Waals surface area contributed by atoms with Crippen LogP contribution in [0.15, 0.2) is 16.7 Å². The SMILES string of the molecule is CC(C)(C)OC(=O)N(CC1CCOC(C)(C)C1)c1ccc(Cl)c(Br)n1. The number of ether oxygens (including phenoxy) is 2. The second-order valence-corrected chi connectivity index (χ2v) is 9.16. The molecule has 0 saturated carbocycles. The van der Waals surface area contributed by atoms with Crippen LogP contribution in [0.4, 0.5) is 10.6 Å². The van der Waals surface area contributed by atoms with Crippen molar-refractivity contribution in [3.63, 3.8) is 0 Å². The van der Waals surface area contributed by atoms with Gasteiger partial charge < -0.3 is 9.47 Å². The van der Waals surface area contributed by atoms with Crippen LogP contribution >= 0.6 is 27.5 Å². The van der Waals surface area contributed by atoms with Crippen molar-refractivity contribution in [2.45, 2.75) is 58.7 Å². The first-order valence-corrected chi connectivity index (χ1v) is 9.60. The Labute approximate surface area is 163 Å². The summed E-state index contributed by atoms with van der Waals surface area (Å²) in [6, 6.07) is 3.46. The predicted molar refractivity (Wildman–Crippen MR) is 103 cm³/mol. The van der Waals surface area contributed by atoms with Crippen molar-refractivity contribution in [2.24, 2.45) is 5.92 Å². The molecular weight excluding hydrogens is 408 g/mol. The molecule has 1 amide bonds. The number of hydrogen-bond donors (Lipinski definition) is 0. The van der Waals surface area contributed by atoms with E-state index >= 15 is 0 Å². The summed E-state index contributed by atoms with van der Waals surface area (Å²) < 4.78 is 11.9. The van der Waals surface area contributed by atoms with E-state index in [1.807, 2.05) is 20.8 Å². The van der Waals surface area contributed by atoms with Crippen LogP contribution in [-0.2, 0) is 9.47 Å². The van der Waals surface area contributed by atoms with E-state index in [0.717, 1.165) is 12.8 Å². The topological polar surface area (TPSA) is 51.7 Å². The monoisotopic (exact) mass is 432 g/mol. The third kappa shape index (κ3) is 6.12. The predicted octanol–water partition coefficient (Wildman–Crippen LogP) is 5.44. The fourth-order valence-electron chi connectivity index (χ4n) is 2.91. The van der Waals surface area contributed by atoms with Gasteiger partial charge in [0.2, 0.25) is 0 Å². The number of carbonyl (C=O) groups is 1. The molecule has 1 aliphatic heterocycles. The molecule has 0 aliphatic carbocycles. The number of pyridine rings is 1. The van der Waals surface area contributed by atoms with Crippen molar-refractivity contribution in [1.29, 1.82) is 0 Å². The van der Waals surface area contributed by atoms with Gasteiger partial charge >= 0.3 is 6.09 Å². The van der Waals surface area contributed by atoms with Gasteiger partial charge in [-0.15, -0.1) is 0 Å². The zero-order valence-electron chi connectivity index (χ0n) is 15.4. The highest BCUT2D eigenvalue weighted by atomic mass is 79.9. The van der Waals surface area contributed by atoms with Gasteiger partial charge in [-0.3, -0.25) is 4.90 Å². The molecule has 0 spiro atoms. The number of carbonyl (C=O) groups excluding carboxylic acids is 1. The fraction of sp³-hybridized carbons (Fsp3) is 0.667. The van der Waals surface area contributed by atoms with E-state index in [1.54, 1.807) is 17.0 Å². The minimum atomic E-state index is -0.575. The summed E-state index contributed by atoms with van der Waals surface area (Å²) in [5, 5.41) is 0.500. The van der Waals surface area contributed by atoms with Crippen LogP contribution in [0.3, 0.4) is 0 Å². The fourth-order valence-corrected chi connectivity index (χ4v) is 3.33. The van der Waals surface area contributed by atoms with Crippen LogP contribution in [0.5, 0.6) is 0 Å². The summed E-state index contributed by atoms with van der Waals surface area (Å²) in [6.45, 7) is 10.9. The van der Waals surface area contributed by atoms with Crippen molar-refractivity contribution in [2.75, 3.05) is 18.1 Å². The van der Waals surface area contributed by atoms with Crippen molar-refractivity contribution < 1.29 is 14.3 Å². The summed E-state index contributed by atoms with van der Waals surface area (Å²) in [6.07, 6.45) is 1.37. The minimum Gasteiger partial charge on any atom is -0.443 e. The first-order chi connectivity index (χ1) is 11.5. The van der Waals surface area contributed by atoms with Crippen molar-refractivity contribution in [1.82, 2.24) is 4.98 Å². The lowest BCUT2D eigenvalue weighted by Crippen LogP contribution is -2.44. The molecule has 1 saturated heterocycles. The molecule has 1 aliphatic rings. The van der Waals surface area contributed by atoms with Crippen molar-refractivity contribution >= 4 is 39.4 Å². The molecule has 1 aromatic rings. The van der Waals surface area contributed by atoms with E-state index < -0.39 is 11.7 Å². The normalized spacial score (nSPS) is 20.2. The summed E-state index contributed by atoms with van der Waals surface area (Å²) in [7, 11) is 0. The molecule has 0 aromatic carbocycles. The van der Waals surface area contributed by atoms with Crippen LogP contribution in [0, 0.1) is 5.92 Å². The largest absolute Gasteiger partial charge is 0.443 e. The van der Waals surface area contributed by atoms with Crippen molar-refractivity contribution in [3.8, 4) is 0 Å². The quantitative estimate of drug-likeness (QED) is 0.595. The molecule has 140 valence electrons. The average molecular weight is 434 g/mol. The number of anilines is 1. The van der Waals surface area contributed by atoms with Gasteiger partial charge in [-0.1, -0.05) is 11.6 Å². The lowest BCUT2D eigenvalue weighted by atomic mass is 9.88. The van der Waals surface area contributed by atoms with Gasteiger partial charge in [0.05, 0.1) is 10.6 Å². The van der Waals surface area contributed by atoms with Crippen LogP contribution in [-0.4, -0.2) is 35.4 Å². The van der Waals surface area contributed by atoms with Crippen molar-refractivity contribution in [3.05, 3.63) is 21.8 Å². The highest BCUT2D eigenvalue weighted by molar-refractivity contribution is 9.10. The van der Waals surface area contributed by atoms with Gasteiger partial charge in [0.15, 0.2) is 0 Å². The van der Waals surface area contributed by atoms with Crippen LogP contribution in [0.1, 0.15) is 47.5 Å². The molecule has 7 heteroatoms. The molecule has 0 radical (unpaired) electrons. The molecule has 5 nitrogen and oxygen atoms in total. The van der Waals surface area contributed by atoms with E-state index in [2.05, 4.69) is 34.8 Å². The molecule has 1 fully saturated rings. The maximum Gasteiger partial charge on any atom is 0.416 e. The van der Waals surface area contributed by atoms with E-state index in [-0.39, 0.29) is 5.60 Å². The van der Waals surface area contributed by atoms with Gasteiger partial charge in [0.25, 0.3) is 0 Å². The third-order valence-corrected chi connectivity index (χ3v) is 5.06. The lowest BCUT2D eigenvalue weighted by Gasteiger charge is -2.37. The Morgan fingerprint density at radius 2 is 2.16 bits per heavy atom. The average Bonchev–Trinajstić information content (AvgIpc) is 2.45. The van der Waals surface area contributed by atoms with Crippen LogP contribution < -0.4 is 4.90 Å². The number of nitrogens with zero attached hydrogens (tertiary/aromatic N) is 2. The van der Waals surface area contributed by atoms with Gasteiger partial charge in [0.1, 0.15) is 16.0 Å². The zero-order chi connectivity index (χ0) is 18.8. The smallest absolute Gasteiger partial charge is 0.416 e. The van der Waals surface area contributed by atoms with Gasteiger partial charge in [-0.2, -0.15) is 0 Å². The molecule has 1 aromatic heterocycles. The molecule has 2 rings (SSSR count). The van der Waals surface area contributed by atoms with E-state index in [0.29, 0.717) is 34.5 Å². The summed E-state index contributed by atoms with van der Waals surface area (Å²) in [4.78, 5) is 18.8. The second kappa shape index (κ2) is 7.80. The van der Waals surface area contributed by atoms with E-state index in [9.17, 15) is 4.79 Å². The Morgan fingerprint density at radius 1 is 1.48 bits per heavy atom. The number of amides is 1. The Kier molecular flexibility index (Phi) is 6.39. The molecule has 0 N–H and O–H groups in total. The zero-order valence-corrected chi connectivity index (χ0v) is 17.8. The number of aromatic nitrogens is 1. The molecule has 25 heavy (non-hydrogen) atoms. The summed E-state index contributed by atoms with van der Waals surface area (Å²) >= 11 is 9.37. The highest BCUT2D eigenvalue weighted by Crippen LogP contribution is 2.31. The molecule has 1 unspecified atom stereocenters. The summed E-state index contributed by atoms with van der Waals surface area (Å²) in [5.74, 6) is 0.836. The highest BCUT2D eigenvalue weighted by Gasteiger charge is 2.33. The summed E-state index contributed by atoms with van der Waals surface area (Å²) in [5.41, 5.74) is -0.759. The number of rotatable bonds is 3. The van der Waals surface area contributed by atoms with Crippen LogP contribution in [0.25, 0.3) is 0 Å². The van der Waals surface area contributed by atoms with Gasteiger partial charge in [-0.05, 0) is 81.4 Å². The van der Waals surface area contributed by atoms with Gasteiger partial charge in [-0.25, -0.2) is 9.78 Å². The number of halogens is 2. The molecule has 2 heterocycles. The number of hydrogen-bond acceptors (Lipinski definition) is 4. The third-order valence-electron chi connectivity index (χ3n) is 3.92. The Bertz CT molecular complexity index is 631. The molecular formula is C18H26BrClN2O3. The minimum absolute atomic E-state index is 0.184. The standard InChI is InChI=1S/C18H26BrClN2O3/c1-17(2,3)25-16(23)22(14-7-6-13(20)15(19)21-14)11-12-8-9-24-18(4,5)10-12/h6-7,12H,8-11H2,1-5H3. The van der Waals surface area contributed by atoms with E-state index in [1.165, 1.54) is 0 Å². The lowest BCUT2D eigenvalue weighted by molar-refractivity contribution is -0.0710. The van der Waals surface area contributed by atoms with E-state index in [4.69, 9.17) is 21.1 Å². The maximum atomic E-state index is 12.8. The second-order valence-electron chi connectivity index (χ2n) is 8.00. The molecule has 1 atom stereocenters. The Balaban J connectivity index is 2.25. The first-order valence-electron chi connectivity index (χ1n) is 8.43. The first kappa shape index (κ1) is 20.5. The van der Waals surface area contributed by atoms with Crippen LogP contribution in [0.2, 0.25) is 5.02 Å². The maximum absolute atomic E-state index is 12.8. The Morgan fingerprint density at radius 3 is 2.72 bits per heavy atom. The molecule has 0 bridgehead atoms. The van der Waals surface area contributed by atoms with Gasteiger partial charge in [0, 0.05) is 13.2 Å².